The number of fused-ring (bicyclic) bond motifs is 2. The first-order chi connectivity index (χ1) is 18.3. The van der Waals surface area contributed by atoms with Gasteiger partial charge in [-0.1, -0.05) is 30.3 Å². The van der Waals surface area contributed by atoms with Crippen LogP contribution in [-0.4, -0.2) is 46.2 Å². The molecule has 1 amide bonds. The Labute approximate surface area is 215 Å². The van der Waals surface area contributed by atoms with Crippen LogP contribution in [0, 0.1) is 20.8 Å². The number of aromatic amines is 2. The van der Waals surface area contributed by atoms with E-state index in [-0.39, 0.29) is 17.3 Å². The number of ketones is 1. The summed E-state index contributed by atoms with van der Waals surface area (Å²) in [5.41, 5.74) is 4.33. The number of carbonyl (C=O) groups is 2. The summed E-state index contributed by atoms with van der Waals surface area (Å²) in [5.74, 6) is -1.31. The highest BCUT2D eigenvalue weighted by Gasteiger charge is 2.23. The predicted octanol–water partition coefficient (Wildman–Crippen LogP) is 3.52. The molecule has 0 unspecified atom stereocenters. The number of carbonyl (C=O) groups excluding carboxylic acids is 2. The van der Waals surface area contributed by atoms with Gasteiger partial charge in [0.2, 0.25) is 5.95 Å². The SMILES string of the molecule is Cc1cc(NC(=O)C(=O)c2c[nH]c3ccccc23)n(-c2nc3c(cnn3-c3cccc(C)c3C)c(=O)[nH]2)n1. The maximum Gasteiger partial charge on any atom is 0.298 e. The van der Waals surface area contributed by atoms with E-state index in [1.54, 1.807) is 29.8 Å². The van der Waals surface area contributed by atoms with Crippen molar-refractivity contribution in [3.8, 4) is 11.6 Å². The number of nitrogens with zero attached hydrogens (tertiary/aromatic N) is 5. The van der Waals surface area contributed by atoms with Gasteiger partial charge in [-0.2, -0.15) is 19.9 Å². The molecule has 6 aromatic rings. The zero-order valence-corrected chi connectivity index (χ0v) is 20.7. The number of hydrogen-bond donors (Lipinski definition) is 3. The number of nitrogens with one attached hydrogen (secondary N) is 3. The third kappa shape index (κ3) is 3.68. The van der Waals surface area contributed by atoms with Crippen molar-refractivity contribution >= 4 is 39.4 Å². The van der Waals surface area contributed by atoms with Crippen LogP contribution in [0.3, 0.4) is 0 Å². The summed E-state index contributed by atoms with van der Waals surface area (Å²) in [6.07, 6.45) is 2.97. The van der Waals surface area contributed by atoms with Crippen molar-refractivity contribution in [3.05, 3.63) is 93.7 Å². The summed E-state index contributed by atoms with van der Waals surface area (Å²) >= 11 is 0. The van der Waals surface area contributed by atoms with E-state index in [0.717, 1.165) is 22.3 Å². The predicted molar refractivity (Wildman–Crippen MR) is 142 cm³/mol. The third-order valence-electron chi connectivity index (χ3n) is 6.54. The number of aryl methyl sites for hydroxylation is 2. The van der Waals surface area contributed by atoms with Gasteiger partial charge in [0.1, 0.15) is 11.2 Å². The minimum absolute atomic E-state index is 0.0671. The maximum absolute atomic E-state index is 13.0. The lowest BCUT2D eigenvalue weighted by atomic mass is 10.1. The van der Waals surface area contributed by atoms with Gasteiger partial charge < -0.3 is 10.3 Å². The van der Waals surface area contributed by atoms with Gasteiger partial charge in [0.05, 0.1) is 23.1 Å². The van der Waals surface area contributed by atoms with Crippen molar-refractivity contribution < 1.29 is 9.59 Å². The molecule has 3 N–H and O–H groups in total. The molecular formula is C27H22N8O3. The summed E-state index contributed by atoms with van der Waals surface area (Å²) in [5, 5.41) is 12.4. The highest BCUT2D eigenvalue weighted by Crippen LogP contribution is 2.22. The summed E-state index contributed by atoms with van der Waals surface area (Å²) in [6, 6.07) is 14.6. The number of hydrogen-bond acceptors (Lipinski definition) is 6. The minimum Gasteiger partial charge on any atom is -0.360 e. The maximum atomic E-state index is 13.0. The second-order valence-corrected chi connectivity index (χ2v) is 9.02. The lowest BCUT2D eigenvalue weighted by molar-refractivity contribution is -0.112. The Kier molecular flexibility index (Phi) is 5.26. The molecule has 0 radical (unpaired) electrons. The Morgan fingerprint density at radius 3 is 2.63 bits per heavy atom. The smallest absolute Gasteiger partial charge is 0.298 e. The van der Waals surface area contributed by atoms with Crippen molar-refractivity contribution in [2.75, 3.05) is 5.32 Å². The van der Waals surface area contributed by atoms with Gasteiger partial charge in [-0.3, -0.25) is 19.4 Å². The van der Waals surface area contributed by atoms with Crippen molar-refractivity contribution in [1.29, 1.82) is 0 Å². The highest BCUT2D eigenvalue weighted by atomic mass is 16.2. The molecule has 0 atom stereocenters. The van der Waals surface area contributed by atoms with Gasteiger partial charge in [-0.25, -0.2) is 4.68 Å². The molecule has 188 valence electrons. The van der Waals surface area contributed by atoms with E-state index in [4.69, 9.17) is 0 Å². The van der Waals surface area contributed by atoms with Crippen LogP contribution in [0.1, 0.15) is 27.2 Å². The molecule has 0 fully saturated rings. The Balaban J connectivity index is 1.40. The molecule has 38 heavy (non-hydrogen) atoms. The van der Waals surface area contributed by atoms with E-state index in [1.807, 2.05) is 44.2 Å². The summed E-state index contributed by atoms with van der Waals surface area (Å²) in [4.78, 5) is 49.3. The zero-order valence-electron chi connectivity index (χ0n) is 20.7. The molecule has 6 rings (SSSR count). The minimum atomic E-state index is -0.847. The van der Waals surface area contributed by atoms with Crippen LogP contribution < -0.4 is 10.9 Å². The molecule has 11 nitrogen and oxygen atoms in total. The van der Waals surface area contributed by atoms with E-state index in [2.05, 4.69) is 30.5 Å². The number of Topliss-reactive ketones (excluding diaryl/α,β-unsaturated/α-hetero) is 1. The molecule has 11 heteroatoms. The lowest BCUT2D eigenvalue weighted by Gasteiger charge is -2.10. The molecule has 0 aliphatic heterocycles. The van der Waals surface area contributed by atoms with Gasteiger partial charge in [-0.15, -0.1) is 0 Å². The Morgan fingerprint density at radius 1 is 0.974 bits per heavy atom. The van der Waals surface area contributed by atoms with E-state index in [0.29, 0.717) is 22.1 Å². The molecule has 2 aromatic carbocycles. The second kappa shape index (κ2) is 8.66. The van der Waals surface area contributed by atoms with Crippen LogP contribution in [0.2, 0.25) is 0 Å². The monoisotopic (exact) mass is 506 g/mol. The number of benzene rings is 2. The number of H-pyrrole nitrogens is 2. The van der Waals surface area contributed by atoms with Crippen LogP contribution in [-0.2, 0) is 4.79 Å². The highest BCUT2D eigenvalue weighted by molar-refractivity contribution is 6.48. The van der Waals surface area contributed by atoms with Crippen LogP contribution >= 0.6 is 0 Å². The molecule has 4 aromatic heterocycles. The van der Waals surface area contributed by atoms with E-state index in [1.165, 1.54) is 17.1 Å². The number of para-hydroxylation sites is 1. The van der Waals surface area contributed by atoms with Gasteiger partial charge in [-0.05, 0) is 44.0 Å². The zero-order chi connectivity index (χ0) is 26.6. The van der Waals surface area contributed by atoms with Crippen molar-refractivity contribution in [1.82, 2.24) is 34.5 Å². The number of anilines is 1. The first kappa shape index (κ1) is 23.1. The molecule has 0 aliphatic rings. The largest absolute Gasteiger partial charge is 0.360 e. The van der Waals surface area contributed by atoms with Gasteiger partial charge in [0, 0.05) is 23.2 Å². The van der Waals surface area contributed by atoms with E-state index >= 15 is 0 Å². The lowest BCUT2D eigenvalue weighted by Crippen LogP contribution is -2.25. The average molecular weight is 507 g/mol. The second-order valence-electron chi connectivity index (χ2n) is 9.02. The molecule has 0 aliphatic carbocycles. The quantitative estimate of drug-likeness (QED) is 0.241. The standard InChI is InChI=1S/C27H22N8O3/c1-14-7-6-10-21(16(14)3)34-24-19(13-29-34)25(37)32-27(31-24)35-22(11-15(2)33-35)30-26(38)23(36)18-12-28-20-9-5-4-8-17(18)20/h4-13,28H,1-3H3,(H,30,38)(H,31,32,37). The first-order valence-corrected chi connectivity index (χ1v) is 11.9. The first-order valence-electron chi connectivity index (χ1n) is 11.9. The average Bonchev–Trinajstić information content (AvgIpc) is 3.62. The molecule has 0 saturated heterocycles. The van der Waals surface area contributed by atoms with E-state index in [9.17, 15) is 14.4 Å². The Bertz CT molecular complexity index is 1960. The van der Waals surface area contributed by atoms with Crippen LogP contribution in [0.25, 0.3) is 33.6 Å². The van der Waals surface area contributed by atoms with Crippen LogP contribution in [0.4, 0.5) is 5.82 Å². The fourth-order valence-corrected chi connectivity index (χ4v) is 4.45. The molecule has 0 saturated carbocycles. The summed E-state index contributed by atoms with van der Waals surface area (Å²) < 4.78 is 2.89. The number of amides is 1. The van der Waals surface area contributed by atoms with Crippen molar-refractivity contribution in [2.24, 2.45) is 0 Å². The van der Waals surface area contributed by atoms with Crippen molar-refractivity contribution in [3.63, 3.8) is 0 Å². The van der Waals surface area contributed by atoms with E-state index < -0.39 is 17.2 Å². The molecule has 0 bridgehead atoms. The van der Waals surface area contributed by atoms with Gasteiger partial charge in [0.25, 0.3) is 17.2 Å². The van der Waals surface area contributed by atoms with Crippen LogP contribution in [0.15, 0.2) is 65.7 Å². The van der Waals surface area contributed by atoms with Crippen molar-refractivity contribution in [2.45, 2.75) is 20.8 Å². The van der Waals surface area contributed by atoms with Gasteiger partial charge >= 0.3 is 0 Å². The molecule has 4 heterocycles. The fraction of sp³-hybridized carbons (Fsp3) is 0.111. The summed E-state index contributed by atoms with van der Waals surface area (Å²) in [6.45, 7) is 5.70. The Hall–Kier alpha value is -5.32. The molecule has 0 spiro atoms. The Morgan fingerprint density at radius 2 is 1.79 bits per heavy atom. The third-order valence-corrected chi connectivity index (χ3v) is 6.54. The number of rotatable bonds is 5. The number of aromatic nitrogens is 7. The normalized spacial score (nSPS) is 11.3. The van der Waals surface area contributed by atoms with Crippen LogP contribution in [0.5, 0.6) is 0 Å². The summed E-state index contributed by atoms with van der Waals surface area (Å²) in [7, 11) is 0. The fourth-order valence-electron chi connectivity index (χ4n) is 4.45. The van der Waals surface area contributed by atoms with Gasteiger partial charge in [0.15, 0.2) is 5.65 Å². The molecular weight excluding hydrogens is 484 g/mol. The topological polar surface area (TPSA) is 143 Å².